The Labute approximate surface area is 202 Å². The molecule has 0 unspecified atom stereocenters. The highest BCUT2D eigenvalue weighted by Crippen LogP contribution is 2.55. The molecule has 0 bridgehead atoms. The molecule has 1 aromatic heterocycles. The smallest absolute Gasteiger partial charge is 0.420 e. The van der Waals surface area contributed by atoms with Crippen molar-refractivity contribution < 1.29 is 9.53 Å². The molecule has 0 radical (unpaired) electrons. The quantitative estimate of drug-likeness (QED) is 0.338. The third kappa shape index (κ3) is 3.73. The van der Waals surface area contributed by atoms with Crippen LogP contribution in [0.15, 0.2) is 47.1 Å². The molecule has 33 heavy (non-hydrogen) atoms. The Bertz CT molecular complexity index is 1280. The standard InChI is InChI=1S/C27H28BrN3O2/c1-26(2,3)33-25(32)31-23(14-29-24(31)22-13-27(8-9-27)15-30-22)16-4-6-20-17(10-16)11-18-12-19(28)5-7-21(18)20/h4-7,10,12,14,22,30H,8-9,11,13,15H2,1-3H3/t22-/m0/s1. The molecule has 3 aliphatic rings. The summed E-state index contributed by atoms with van der Waals surface area (Å²) in [5, 5.41) is 3.61. The molecular formula is C27H28BrN3O2. The molecule has 170 valence electrons. The number of hydrogen-bond donors (Lipinski definition) is 1. The van der Waals surface area contributed by atoms with Crippen LogP contribution in [0.4, 0.5) is 4.79 Å². The maximum atomic E-state index is 13.4. The number of nitrogens with zero attached hydrogens (tertiary/aromatic N) is 2. The number of carbonyl (C=O) groups is 1. The Morgan fingerprint density at radius 1 is 1.15 bits per heavy atom. The molecule has 2 aromatic carbocycles. The van der Waals surface area contributed by atoms with Gasteiger partial charge in [0.2, 0.25) is 0 Å². The Kier molecular flexibility index (Phi) is 4.66. The van der Waals surface area contributed by atoms with Gasteiger partial charge in [-0.1, -0.05) is 34.1 Å². The summed E-state index contributed by atoms with van der Waals surface area (Å²) in [5.41, 5.74) is 6.75. The number of carbonyl (C=O) groups excluding carboxylic acids is 1. The Hall–Kier alpha value is -2.44. The molecule has 1 saturated heterocycles. The van der Waals surface area contributed by atoms with Crippen LogP contribution in [0.25, 0.3) is 22.4 Å². The van der Waals surface area contributed by atoms with Crippen LogP contribution in [0.1, 0.15) is 63.0 Å². The van der Waals surface area contributed by atoms with Gasteiger partial charge in [0.1, 0.15) is 11.4 Å². The van der Waals surface area contributed by atoms with Crippen molar-refractivity contribution in [2.24, 2.45) is 5.41 Å². The lowest BCUT2D eigenvalue weighted by molar-refractivity contribution is 0.0532. The largest absolute Gasteiger partial charge is 0.443 e. The van der Waals surface area contributed by atoms with Gasteiger partial charge in [-0.15, -0.1) is 0 Å². The van der Waals surface area contributed by atoms with E-state index in [0.29, 0.717) is 5.41 Å². The van der Waals surface area contributed by atoms with Crippen LogP contribution in [0.3, 0.4) is 0 Å². The van der Waals surface area contributed by atoms with E-state index < -0.39 is 5.60 Å². The van der Waals surface area contributed by atoms with Crippen molar-refractivity contribution in [3.63, 3.8) is 0 Å². The first-order valence-corrected chi connectivity index (χ1v) is 12.5. The van der Waals surface area contributed by atoms with Crippen LogP contribution in [0, 0.1) is 5.41 Å². The van der Waals surface area contributed by atoms with Gasteiger partial charge in [0.15, 0.2) is 0 Å². The van der Waals surface area contributed by atoms with Crippen LogP contribution in [0.2, 0.25) is 0 Å². The lowest BCUT2D eigenvalue weighted by Gasteiger charge is -2.22. The molecule has 1 aliphatic heterocycles. The van der Waals surface area contributed by atoms with Crippen LogP contribution < -0.4 is 5.32 Å². The van der Waals surface area contributed by atoms with E-state index >= 15 is 0 Å². The average Bonchev–Trinajstić information content (AvgIpc) is 3.09. The lowest BCUT2D eigenvalue weighted by atomic mass is 10.0. The number of rotatable bonds is 2. The Morgan fingerprint density at radius 3 is 2.58 bits per heavy atom. The van der Waals surface area contributed by atoms with Crippen molar-refractivity contribution in [1.29, 1.82) is 0 Å². The zero-order valence-corrected chi connectivity index (χ0v) is 20.8. The summed E-state index contributed by atoms with van der Waals surface area (Å²) in [7, 11) is 0. The molecule has 0 amide bonds. The molecule has 1 atom stereocenters. The molecule has 1 N–H and O–H groups in total. The Balaban J connectivity index is 1.41. The van der Waals surface area contributed by atoms with Gasteiger partial charge in [0, 0.05) is 16.6 Å². The van der Waals surface area contributed by atoms with Gasteiger partial charge in [0.05, 0.1) is 17.9 Å². The minimum absolute atomic E-state index is 0.0739. The monoisotopic (exact) mass is 505 g/mol. The van der Waals surface area contributed by atoms with E-state index in [1.165, 1.54) is 35.1 Å². The number of halogens is 1. The van der Waals surface area contributed by atoms with Gasteiger partial charge >= 0.3 is 6.09 Å². The second-order valence-corrected chi connectivity index (χ2v) is 11.7. The van der Waals surface area contributed by atoms with E-state index in [1.54, 1.807) is 4.57 Å². The summed E-state index contributed by atoms with van der Waals surface area (Å²) in [6, 6.07) is 13.0. The minimum atomic E-state index is -0.580. The first-order valence-electron chi connectivity index (χ1n) is 11.7. The van der Waals surface area contributed by atoms with Gasteiger partial charge in [-0.25, -0.2) is 14.3 Å². The van der Waals surface area contributed by atoms with Gasteiger partial charge in [-0.2, -0.15) is 0 Å². The second-order valence-electron chi connectivity index (χ2n) is 10.8. The van der Waals surface area contributed by atoms with E-state index in [1.807, 2.05) is 27.0 Å². The van der Waals surface area contributed by atoms with Crippen molar-refractivity contribution in [3.8, 4) is 22.4 Å². The second kappa shape index (κ2) is 7.28. The van der Waals surface area contributed by atoms with Crippen LogP contribution >= 0.6 is 15.9 Å². The van der Waals surface area contributed by atoms with E-state index in [9.17, 15) is 4.79 Å². The van der Waals surface area contributed by atoms with Gasteiger partial charge in [-0.05, 0) is 92.3 Å². The van der Waals surface area contributed by atoms with E-state index in [4.69, 9.17) is 9.72 Å². The molecule has 1 saturated carbocycles. The highest BCUT2D eigenvalue weighted by molar-refractivity contribution is 9.10. The zero-order valence-electron chi connectivity index (χ0n) is 19.2. The maximum absolute atomic E-state index is 13.4. The van der Waals surface area contributed by atoms with Crippen LogP contribution in [-0.4, -0.2) is 27.8 Å². The minimum Gasteiger partial charge on any atom is -0.443 e. The first kappa shape index (κ1) is 21.1. The normalized spacial score (nSPS) is 20.1. The topological polar surface area (TPSA) is 56.2 Å². The average molecular weight is 506 g/mol. The molecule has 6 rings (SSSR count). The molecule has 2 aliphatic carbocycles. The summed E-state index contributed by atoms with van der Waals surface area (Å²) < 4.78 is 8.62. The molecule has 2 heterocycles. The number of fused-ring (bicyclic) bond motifs is 3. The molecule has 3 aromatic rings. The van der Waals surface area contributed by atoms with Gasteiger partial charge in [-0.3, -0.25) is 0 Å². The fourth-order valence-corrected chi connectivity index (χ4v) is 5.72. The lowest BCUT2D eigenvalue weighted by Crippen LogP contribution is -2.30. The van der Waals surface area contributed by atoms with E-state index in [-0.39, 0.29) is 12.1 Å². The summed E-state index contributed by atoms with van der Waals surface area (Å²) in [5.74, 6) is 0.760. The summed E-state index contributed by atoms with van der Waals surface area (Å²) in [6.07, 6.45) is 5.91. The van der Waals surface area contributed by atoms with Crippen LogP contribution in [-0.2, 0) is 11.2 Å². The van der Waals surface area contributed by atoms with Crippen molar-refractivity contribution in [3.05, 3.63) is 64.0 Å². The number of nitrogens with one attached hydrogen (secondary N) is 1. The molecule has 6 heteroatoms. The summed E-state index contributed by atoms with van der Waals surface area (Å²) in [4.78, 5) is 18.1. The predicted molar refractivity (Wildman–Crippen MR) is 132 cm³/mol. The van der Waals surface area contributed by atoms with Gasteiger partial charge < -0.3 is 10.1 Å². The highest BCUT2D eigenvalue weighted by Gasteiger charge is 2.49. The number of imidazole rings is 1. The fourth-order valence-electron chi connectivity index (χ4n) is 5.31. The van der Waals surface area contributed by atoms with Gasteiger partial charge in [0.25, 0.3) is 0 Å². The third-order valence-electron chi connectivity index (χ3n) is 7.13. The number of ether oxygens (including phenoxy) is 1. The fraction of sp³-hybridized carbons (Fsp3) is 0.407. The number of hydrogen-bond acceptors (Lipinski definition) is 4. The Morgan fingerprint density at radius 2 is 1.88 bits per heavy atom. The zero-order chi connectivity index (χ0) is 23.0. The SMILES string of the molecule is CC(C)(C)OC(=O)n1c(-c2ccc3c(c2)Cc2cc(Br)ccc2-3)cnc1[C@@H]1CC2(CC2)CN1. The van der Waals surface area contributed by atoms with Crippen molar-refractivity contribution in [2.45, 2.75) is 58.1 Å². The molecule has 2 fully saturated rings. The summed E-state index contributed by atoms with van der Waals surface area (Å²) >= 11 is 3.59. The maximum Gasteiger partial charge on any atom is 0.420 e. The molecular weight excluding hydrogens is 478 g/mol. The number of benzene rings is 2. The van der Waals surface area contributed by atoms with Crippen molar-refractivity contribution in [1.82, 2.24) is 14.9 Å². The van der Waals surface area contributed by atoms with E-state index in [2.05, 4.69) is 57.6 Å². The third-order valence-corrected chi connectivity index (χ3v) is 7.63. The van der Waals surface area contributed by atoms with Crippen molar-refractivity contribution >= 4 is 22.0 Å². The first-order chi connectivity index (χ1) is 15.7. The molecule has 5 nitrogen and oxygen atoms in total. The van der Waals surface area contributed by atoms with Crippen molar-refractivity contribution in [2.75, 3.05) is 6.54 Å². The highest BCUT2D eigenvalue weighted by atomic mass is 79.9. The van der Waals surface area contributed by atoms with Crippen LogP contribution in [0.5, 0.6) is 0 Å². The summed E-state index contributed by atoms with van der Waals surface area (Å²) in [6.45, 7) is 6.71. The molecule has 1 spiro atoms. The number of aromatic nitrogens is 2. The van der Waals surface area contributed by atoms with E-state index in [0.717, 1.165) is 40.9 Å². The predicted octanol–water partition coefficient (Wildman–Crippen LogP) is 6.48.